The lowest BCUT2D eigenvalue weighted by Crippen LogP contribution is -2.31. The van der Waals surface area contributed by atoms with Gasteiger partial charge in [0.2, 0.25) is 0 Å². The molecule has 20 heavy (non-hydrogen) atoms. The highest BCUT2D eigenvalue weighted by molar-refractivity contribution is 9.09. The van der Waals surface area contributed by atoms with E-state index in [1.54, 1.807) is 23.5 Å². The minimum Gasteiger partial charge on any atom is -0.250 e. The first kappa shape index (κ1) is 16.1. The monoisotopic (exact) mass is 419 g/mol. The van der Waals surface area contributed by atoms with Gasteiger partial charge in [-0.2, -0.15) is 0 Å². The molecule has 0 aliphatic carbocycles. The molecule has 0 unspecified atom stereocenters. The first-order valence-electron chi connectivity index (χ1n) is 6.38. The summed E-state index contributed by atoms with van der Waals surface area (Å²) in [6.07, 6.45) is 1.92. The fourth-order valence-electron chi connectivity index (χ4n) is 2.21. The Labute approximate surface area is 139 Å². The van der Waals surface area contributed by atoms with Gasteiger partial charge in [-0.3, -0.25) is 0 Å². The summed E-state index contributed by atoms with van der Waals surface area (Å²) >= 11 is 8.92. The van der Waals surface area contributed by atoms with Crippen LogP contribution in [-0.2, 0) is 11.8 Å². The fraction of sp³-hybridized carbons (Fsp3) is 0.400. The Kier molecular flexibility index (Phi) is 5.75. The highest BCUT2D eigenvalue weighted by atomic mass is 79.9. The topological polar surface area (TPSA) is 12.9 Å². The lowest BCUT2D eigenvalue weighted by atomic mass is 9.80. The van der Waals surface area contributed by atoms with Crippen LogP contribution in [0.15, 0.2) is 29.8 Å². The number of thiazole rings is 1. The molecule has 5 heteroatoms. The average molecular weight is 421 g/mol. The van der Waals surface area contributed by atoms with Gasteiger partial charge in [-0.25, -0.2) is 9.37 Å². The quantitative estimate of drug-likeness (QED) is 0.581. The molecule has 108 valence electrons. The third-order valence-corrected chi connectivity index (χ3v) is 6.77. The molecule has 1 aromatic heterocycles. The largest absolute Gasteiger partial charge is 0.250 e. The van der Waals surface area contributed by atoms with Crippen LogP contribution >= 0.6 is 43.2 Å². The molecule has 2 rings (SSSR count). The van der Waals surface area contributed by atoms with Gasteiger partial charge in [-0.15, -0.1) is 11.3 Å². The van der Waals surface area contributed by atoms with Gasteiger partial charge < -0.3 is 0 Å². The Morgan fingerprint density at radius 3 is 2.60 bits per heavy atom. The molecule has 0 saturated heterocycles. The maximum Gasteiger partial charge on any atom is 0.123 e. The number of hydrogen-bond donors (Lipinski definition) is 0. The summed E-state index contributed by atoms with van der Waals surface area (Å²) in [7, 11) is 0. The summed E-state index contributed by atoms with van der Waals surface area (Å²) in [4.78, 5) is 5.60. The van der Waals surface area contributed by atoms with E-state index in [4.69, 9.17) is 0 Å². The van der Waals surface area contributed by atoms with Crippen molar-refractivity contribution in [1.82, 2.24) is 4.98 Å². The smallest absolute Gasteiger partial charge is 0.123 e. The Morgan fingerprint density at radius 1 is 1.30 bits per heavy atom. The maximum absolute atomic E-state index is 13.5. The number of halogens is 3. The molecule has 1 nitrogen and oxygen atoms in total. The molecule has 0 aliphatic heterocycles. The summed E-state index contributed by atoms with van der Waals surface area (Å²) in [5.74, 6) is -0.178. The van der Waals surface area contributed by atoms with Gasteiger partial charge in [0.1, 0.15) is 5.82 Å². The molecule has 0 saturated carbocycles. The van der Waals surface area contributed by atoms with E-state index in [0.29, 0.717) is 0 Å². The summed E-state index contributed by atoms with van der Waals surface area (Å²) < 4.78 is 13.5. The van der Waals surface area contributed by atoms with Crippen LogP contribution in [0, 0.1) is 12.7 Å². The predicted molar refractivity (Wildman–Crippen MR) is 90.8 cm³/mol. The number of alkyl halides is 2. The molecule has 0 fully saturated rings. The van der Waals surface area contributed by atoms with Crippen molar-refractivity contribution in [2.24, 2.45) is 0 Å². The van der Waals surface area contributed by atoms with Crippen molar-refractivity contribution in [3.8, 4) is 0 Å². The molecule has 0 N–H and O–H groups in total. The van der Waals surface area contributed by atoms with Gasteiger partial charge in [0.25, 0.3) is 0 Å². The van der Waals surface area contributed by atoms with Gasteiger partial charge in [0, 0.05) is 21.0 Å². The van der Waals surface area contributed by atoms with E-state index < -0.39 is 0 Å². The van der Waals surface area contributed by atoms with Crippen LogP contribution in [0.4, 0.5) is 4.39 Å². The van der Waals surface area contributed by atoms with Crippen molar-refractivity contribution in [2.45, 2.75) is 25.2 Å². The van der Waals surface area contributed by atoms with E-state index in [1.807, 2.05) is 18.5 Å². The first-order valence-corrected chi connectivity index (χ1v) is 9.50. The van der Waals surface area contributed by atoms with Crippen LogP contribution in [0.25, 0.3) is 0 Å². The second kappa shape index (κ2) is 7.14. The van der Waals surface area contributed by atoms with Crippen LogP contribution in [0.3, 0.4) is 0 Å². The Balaban J connectivity index is 2.23. The van der Waals surface area contributed by atoms with Gasteiger partial charge >= 0.3 is 0 Å². The zero-order chi connectivity index (χ0) is 14.6. The second-order valence-electron chi connectivity index (χ2n) is 4.92. The lowest BCUT2D eigenvalue weighted by molar-refractivity contribution is 0.501. The second-order valence-corrected chi connectivity index (χ2v) is 6.98. The Morgan fingerprint density at radius 2 is 2.05 bits per heavy atom. The number of nitrogens with zero attached hydrogens (tertiary/aromatic N) is 1. The van der Waals surface area contributed by atoms with Crippen LogP contribution < -0.4 is 0 Å². The fourth-order valence-corrected chi connectivity index (χ4v) is 5.12. The van der Waals surface area contributed by atoms with E-state index in [-0.39, 0.29) is 11.2 Å². The molecule has 0 atom stereocenters. The standard InChI is InChI=1S/C15H16Br2FNS/c1-11-14(20-10-19-11)5-6-15(8-16,9-17)12-3-2-4-13(18)7-12/h2-4,7,10H,5-6,8-9H2,1H3. The molecule has 0 spiro atoms. The number of aryl methyl sites for hydroxylation is 2. The third-order valence-electron chi connectivity index (χ3n) is 3.62. The normalized spacial score (nSPS) is 11.8. The van der Waals surface area contributed by atoms with Crippen LogP contribution in [0.1, 0.15) is 22.6 Å². The highest BCUT2D eigenvalue weighted by Gasteiger charge is 2.30. The van der Waals surface area contributed by atoms with E-state index >= 15 is 0 Å². The van der Waals surface area contributed by atoms with Gasteiger partial charge in [-0.1, -0.05) is 44.0 Å². The maximum atomic E-state index is 13.5. The highest BCUT2D eigenvalue weighted by Crippen LogP contribution is 2.35. The van der Waals surface area contributed by atoms with Crippen LogP contribution in [0.2, 0.25) is 0 Å². The van der Waals surface area contributed by atoms with Crippen LogP contribution in [-0.4, -0.2) is 15.6 Å². The van der Waals surface area contributed by atoms with Gasteiger partial charge in [0.05, 0.1) is 11.2 Å². The predicted octanol–water partition coefficient (Wildman–Crippen LogP) is 5.25. The van der Waals surface area contributed by atoms with Crippen LogP contribution in [0.5, 0.6) is 0 Å². The molecule has 1 aromatic carbocycles. The number of hydrogen-bond acceptors (Lipinski definition) is 2. The Bertz CT molecular complexity index is 567. The van der Waals surface area contributed by atoms with Crippen molar-refractivity contribution in [3.05, 3.63) is 51.7 Å². The zero-order valence-electron chi connectivity index (χ0n) is 11.2. The van der Waals surface area contributed by atoms with E-state index in [2.05, 4.69) is 36.8 Å². The minimum atomic E-state index is -0.178. The SMILES string of the molecule is Cc1ncsc1CCC(CBr)(CBr)c1cccc(F)c1. The average Bonchev–Trinajstić information content (AvgIpc) is 2.86. The van der Waals surface area contributed by atoms with Gasteiger partial charge in [-0.05, 0) is 37.5 Å². The van der Waals surface area contributed by atoms with E-state index in [1.165, 1.54) is 10.9 Å². The molecular weight excluding hydrogens is 405 g/mol. The summed E-state index contributed by atoms with van der Waals surface area (Å²) in [6, 6.07) is 6.92. The van der Waals surface area contributed by atoms with Crippen molar-refractivity contribution in [2.75, 3.05) is 10.7 Å². The summed E-state index contributed by atoms with van der Waals surface area (Å²) in [5.41, 5.74) is 3.93. The van der Waals surface area contributed by atoms with Crippen molar-refractivity contribution in [3.63, 3.8) is 0 Å². The molecule has 0 aliphatic rings. The van der Waals surface area contributed by atoms with Crippen molar-refractivity contribution < 1.29 is 4.39 Å². The summed E-state index contributed by atoms with van der Waals surface area (Å²) in [6.45, 7) is 2.04. The molecule has 1 heterocycles. The molecule has 0 radical (unpaired) electrons. The molecule has 0 bridgehead atoms. The molecule has 2 aromatic rings. The lowest BCUT2D eigenvalue weighted by Gasteiger charge is -2.30. The van der Waals surface area contributed by atoms with E-state index in [0.717, 1.165) is 34.8 Å². The molecular formula is C15H16Br2FNS. The van der Waals surface area contributed by atoms with Crippen molar-refractivity contribution >= 4 is 43.2 Å². The third kappa shape index (κ3) is 3.49. The number of benzene rings is 1. The first-order chi connectivity index (χ1) is 9.61. The molecule has 0 amide bonds. The minimum absolute atomic E-state index is 0.0987. The van der Waals surface area contributed by atoms with Crippen molar-refractivity contribution in [1.29, 1.82) is 0 Å². The number of rotatable bonds is 6. The Hall–Kier alpha value is -0.260. The zero-order valence-corrected chi connectivity index (χ0v) is 15.2. The van der Waals surface area contributed by atoms with Gasteiger partial charge in [0.15, 0.2) is 0 Å². The summed E-state index contributed by atoms with van der Waals surface area (Å²) in [5, 5.41) is 1.60. The van der Waals surface area contributed by atoms with E-state index in [9.17, 15) is 4.39 Å². The number of aromatic nitrogens is 1.